The van der Waals surface area contributed by atoms with E-state index in [2.05, 4.69) is 17.2 Å². The maximum absolute atomic E-state index is 14.3. The molecule has 1 N–H and O–H groups in total. The molecule has 1 saturated carbocycles. The van der Waals surface area contributed by atoms with Gasteiger partial charge in [0.05, 0.1) is 23.8 Å². The molecule has 2 atom stereocenters. The van der Waals surface area contributed by atoms with E-state index in [0.717, 1.165) is 28.2 Å². The Hall–Kier alpha value is -3.19. The molecular formula is C28H29FN4OS. The number of rotatable bonds is 7. The Morgan fingerprint density at radius 2 is 1.91 bits per heavy atom. The van der Waals surface area contributed by atoms with Crippen molar-refractivity contribution < 1.29 is 9.18 Å². The van der Waals surface area contributed by atoms with Crippen LogP contribution in [0.5, 0.6) is 0 Å². The molecule has 1 fully saturated rings. The van der Waals surface area contributed by atoms with Gasteiger partial charge in [-0.05, 0) is 48.6 Å². The average molecular weight is 489 g/mol. The van der Waals surface area contributed by atoms with Gasteiger partial charge in [-0.1, -0.05) is 61.9 Å². The number of pyridine rings is 1. The summed E-state index contributed by atoms with van der Waals surface area (Å²) in [7, 11) is 0. The monoisotopic (exact) mass is 488 g/mol. The third-order valence-electron chi connectivity index (χ3n) is 6.81. The van der Waals surface area contributed by atoms with E-state index >= 15 is 0 Å². The molecule has 0 spiro atoms. The van der Waals surface area contributed by atoms with Gasteiger partial charge in [-0.25, -0.2) is 9.37 Å². The molecule has 4 aromatic rings. The van der Waals surface area contributed by atoms with Crippen molar-refractivity contribution in [1.29, 1.82) is 0 Å². The first-order valence-corrected chi connectivity index (χ1v) is 13.1. The lowest BCUT2D eigenvalue weighted by Crippen LogP contribution is -2.41. The molecule has 2 aromatic carbocycles. The van der Waals surface area contributed by atoms with Crippen molar-refractivity contribution in [3.63, 3.8) is 0 Å². The number of imidazole rings is 1. The minimum absolute atomic E-state index is 0.00198. The fourth-order valence-electron chi connectivity index (χ4n) is 4.69. The molecule has 1 aliphatic carbocycles. The van der Waals surface area contributed by atoms with E-state index in [0.29, 0.717) is 29.3 Å². The van der Waals surface area contributed by atoms with Gasteiger partial charge in [-0.2, -0.15) is 0 Å². The van der Waals surface area contributed by atoms with Crippen LogP contribution in [0.25, 0.3) is 11.0 Å². The van der Waals surface area contributed by atoms with E-state index in [1.807, 2.05) is 41.0 Å². The number of hydrogen-bond acceptors (Lipinski definition) is 4. The summed E-state index contributed by atoms with van der Waals surface area (Å²) in [5, 5.41) is 4.03. The zero-order valence-electron chi connectivity index (χ0n) is 19.8. The van der Waals surface area contributed by atoms with Crippen molar-refractivity contribution in [2.75, 3.05) is 0 Å². The Balaban J connectivity index is 1.29. The van der Waals surface area contributed by atoms with E-state index in [9.17, 15) is 9.18 Å². The van der Waals surface area contributed by atoms with Crippen molar-refractivity contribution in [1.82, 2.24) is 19.9 Å². The predicted molar refractivity (Wildman–Crippen MR) is 138 cm³/mol. The van der Waals surface area contributed by atoms with E-state index in [-0.39, 0.29) is 17.8 Å². The molecule has 2 heterocycles. The lowest BCUT2D eigenvalue weighted by molar-refractivity contribution is 0.0910. The highest BCUT2D eigenvalue weighted by molar-refractivity contribution is 7.98. The number of benzene rings is 2. The van der Waals surface area contributed by atoms with Gasteiger partial charge in [0.1, 0.15) is 5.82 Å². The minimum Gasteiger partial charge on any atom is -0.349 e. The third-order valence-corrected chi connectivity index (χ3v) is 7.86. The summed E-state index contributed by atoms with van der Waals surface area (Å²) >= 11 is 1.60. The number of fused-ring (bicyclic) bond motifs is 1. The number of hydrogen-bond donors (Lipinski definition) is 1. The van der Waals surface area contributed by atoms with Crippen molar-refractivity contribution in [3.05, 3.63) is 89.5 Å². The molecule has 0 aliphatic heterocycles. The molecule has 180 valence electrons. The molecule has 2 aromatic heterocycles. The SMILES string of the molecule is C[C@@H]1CCCC[C@@H]1NC(=O)c1ccc(CSc2nc3ccncc3n2Cc2ccccc2F)cc1. The number of carbonyl (C=O) groups is 1. The Morgan fingerprint density at radius 3 is 2.71 bits per heavy atom. The topological polar surface area (TPSA) is 59.8 Å². The highest BCUT2D eigenvalue weighted by Gasteiger charge is 2.23. The number of thioether (sulfide) groups is 1. The van der Waals surface area contributed by atoms with E-state index < -0.39 is 0 Å². The highest BCUT2D eigenvalue weighted by Crippen LogP contribution is 2.28. The summed E-state index contributed by atoms with van der Waals surface area (Å²) in [5.41, 5.74) is 4.11. The summed E-state index contributed by atoms with van der Waals surface area (Å²) in [4.78, 5) is 21.7. The number of nitrogens with zero attached hydrogens (tertiary/aromatic N) is 3. The van der Waals surface area contributed by atoms with E-state index in [4.69, 9.17) is 4.98 Å². The summed E-state index contributed by atoms with van der Waals surface area (Å²) in [6.07, 6.45) is 8.17. The first-order valence-electron chi connectivity index (χ1n) is 12.1. The van der Waals surface area contributed by atoms with Gasteiger partial charge in [0.15, 0.2) is 5.16 Å². The Kier molecular flexibility index (Phi) is 7.13. The first kappa shape index (κ1) is 23.5. The molecule has 5 nitrogen and oxygen atoms in total. The molecule has 0 saturated heterocycles. The fourth-order valence-corrected chi connectivity index (χ4v) is 5.66. The van der Waals surface area contributed by atoms with Gasteiger partial charge in [0.25, 0.3) is 5.91 Å². The van der Waals surface area contributed by atoms with Gasteiger partial charge in [0, 0.05) is 29.1 Å². The largest absolute Gasteiger partial charge is 0.349 e. The van der Waals surface area contributed by atoms with Gasteiger partial charge in [0.2, 0.25) is 0 Å². The summed E-state index contributed by atoms with van der Waals surface area (Å²) in [6.45, 7) is 2.61. The second kappa shape index (κ2) is 10.6. The predicted octanol–water partition coefficient (Wildman–Crippen LogP) is 6.22. The Bertz CT molecular complexity index is 1320. The lowest BCUT2D eigenvalue weighted by atomic mass is 9.86. The Labute approximate surface area is 209 Å². The Morgan fingerprint density at radius 1 is 1.11 bits per heavy atom. The second-order valence-corrected chi connectivity index (χ2v) is 10.2. The van der Waals surface area contributed by atoms with E-state index in [1.54, 1.807) is 36.3 Å². The number of nitrogens with one attached hydrogen (secondary N) is 1. The zero-order valence-corrected chi connectivity index (χ0v) is 20.6. The molecule has 0 bridgehead atoms. The van der Waals surface area contributed by atoms with Crippen LogP contribution in [-0.4, -0.2) is 26.5 Å². The van der Waals surface area contributed by atoms with Crippen LogP contribution >= 0.6 is 11.8 Å². The molecule has 1 aliphatic rings. The van der Waals surface area contributed by atoms with Crippen LogP contribution < -0.4 is 5.32 Å². The van der Waals surface area contributed by atoms with Crippen molar-refractivity contribution in [2.24, 2.45) is 5.92 Å². The van der Waals surface area contributed by atoms with Gasteiger partial charge in [-0.3, -0.25) is 9.78 Å². The third kappa shape index (κ3) is 5.40. The molecule has 5 rings (SSSR count). The smallest absolute Gasteiger partial charge is 0.251 e. The second-order valence-electron chi connectivity index (χ2n) is 9.26. The van der Waals surface area contributed by atoms with Gasteiger partial charge >= 0.3 is 0 Å². The molecule has 0 radical (unpaired) electrons. The summed E-state index contributed by atoms with van der Waals surface area (Å²) < 4.78 is 16.4. The zero-order chi connectivity index (χ0) is 24.2. The van der Waals surface area contributed by atoms with Crippen LogP contribution in [-0.2, 0) is 12.3 Å². The molecule has 1 amide bonds. The van der Waals surface area contributed by atoms with Crippen LogP contribution in [0, 0.1) is 11.7 Å². The van der Waals surface area contributed by atoms with Crippen LogP contribution in [0.3, 0.4) is 0 Å². The molecule has 7 heteroatoms. The van der Waals surface area contributed by atoms with Crippen molar-refractivity contribution in [3.8, 4) is 0 Å². The number of aromatic nitrogens is 3. The maximum atomic E-state index is 14.3. The van der Waals surface area contributed by atoms with Crippen LogP contribution in [0.15, 0.2) is 72.1 Å². The quantitative estimate of drug-likeness (QED) is 0.314. The summed E-state index contributed by atoms with van der Waals surface area (Å²) in [6, 6.07) is 16.7. The van der Waals surface area contributed by atoms with Crippen LogP contribution in [0.1, 0.15) is 54.1 Å². The fraction of sp³-hybridized carbons (Fsp3) is 0.321. The molecular weight excluding hydrogens is 459 g/mol. The van der Waals surface area contributed by atoms with Crippen LogP contribution in [0.4, 0.5) is 4.39 Å². The first-order chi connectivity index (χ1) is 17.1. The molecule has 35 heavy (non-hydrogen) atoms. The molecule has 0 unspecified atom stereocenters. The van der Waals surface area contributed by atoms with E-state index in [1.165, 1.54) is 25.3 Å². The van der Waals surface area contributed by atoms with Crippen molar-refractivity contribution in [2.45, 2.75) is 56.1 Å². The average Bonchev–Trinajstić information content (AvgIpc) is 3.23. The minimum atomic E-state index is -0.231. The highest BCUT2D eigenvalue weighted by atomic mass is 32.2. The number of amides is 1. The standard InChI is InChI=1S/C28H29FN4OS/c1-19-6-2-5-9-24(19)31-27(34)21-12-10-20(11-13-21)18-35-28-32-25-14-15-30-16-26(25)33(28)17-22-7-3-4-8-23(22)29/h3-4,7-8,10-16,19,24H,2,5-6,9,17-18H2,1H3,(H,31,34)/t19-,24+/m1/s1. The number of halogens is 1. The normalized spacial score (nSPS) is 18.0. The maximum Gasteiger partial charge on any atom is 0.251 e. The lowest BCUT2D eigenvalue weighted by Gasteiger charge is -2.29. The summed E-state index contributed by atoms with van der Waals surface area (Å²) in [5.74, 6) is 0.991. The van der Waals surface area contributed by atoms with Crippen LogP contribution in [0.2, 0.25) is 0 Å². The van der Waals surface area contributed by atoms with Gasteiger partial charge in [-0.15, -0.1) is 0 Å². The van der Waals surface area contributed by atoms with Crippen molar-refractivity contribution >= 4 is 28.7 Å². The van der Waals surface area contributed by atoms with Gasteiger partial charge < -0.3 is 9.88 Å². The number of carbonyl (C=O) groups excluding carboxylic acids is 1.